The van der Waals surface area contributed by atoms with Crippen LogP contribution in [0.25, 0.3) is 10.2 Å². The molecule has 1 aromatic carbocycles. The molecule has 3 N–H and O–H groups in total. The number of aromatic amines is 1. The number of nitro groups is 1. The van der Waals surface area contributed by atoms with Gasteiger partial charge in [-0.2, -0.15) is 0 Å². The molecule has 0 spiro atoms. The van der Waals surface area contributed by atoms with Crippen LogP contribution in [0.4, 0.5) is 11.4 Å². The lowest BCUT2D eigenvalue weighted by Gasteiger charge is -2.00. The zero-order valence-electron chi connectivity index (χ0n) is 12.0. The van der Waals surface area contributed by atoms with Crippen LogP contribution in [0.2, 0.25) is 0 Å². The second-order valence-electron chi connectivity index (χ2n) is 5.00. The van der Waals surface area contributed by atoms with Crippen LogP contribution in [0.5, 0.6) is 0 Å². The van der Waals surface area contributed by atoms with E-state index in [4.69, 9.17) is 5.73 Å². The lowest BCUT2D eigenvalue weighted by Crippen LogP contribution is -2.04. The highest BCUT2D eigenvalue weighted by atomic mass is 32.1. The average molecular weight is 329 g/mol. The number of thiophene rings is 1. The molecule has 3 rings (SSSR count). The molecule has 0 aliphatic heterocycles. The lowest BCUT2D eigenvalue weighted by atomic mass is 10.1. The zero-order valence-corrected chi connectivity index (χ0v) is 12.8. The van der Waals surface area contributed by atoms with Gasteiger partial charge >= 0.3 is 0 Å². The summed E-state index contributed by atoms with van der Waals surface area (Å²) in [7, 11) is 0. The molecule has 0 unspecified atom stereocenters. The number of hydrogen-bond donors (Lipinski definition) is 2. The molecule has 2 heterocycles. The van der Waals surface area contributed by atoms with Gasteiger partial charge in [0.1, 0.15) is 9.71 Å². The summed E-state index contributed by atoms with van der Waals surface area (Å²) in [5.41, 5.74) is 6.75. The number of nitrogens with one attached hydrogen (secondary N) is 1. The van der Waals surface area contributed by atoms with Crippen molar-refractivity contribution in [1.82, 2.24) is 4.98 Å². The molecule has 0 aliphatic carbocycles. The number of carbonyl (C=O) groups is 1. The van der Waals surface area contributed by atoms with Crippen molar-refractivity contribution in [2.75, 3.05) is 5.73 Å². The number of fused-ring (bicyclic) bond motifs is 1. The predicted octanol–water partition coefficient (Wildman–Crippen LogP) is 2.62. The van der Waals surface area contributed by atoms with Crippen LogP contribution in [-0.2, 0) is 0 Å². The first-order valence-corrected chi connectivity index (χ1v) is 7.41. The fourth-order valence-electron chi connectivity index (χ4n) is 2.40. The highest BCUT2D eigenvalue weighted by molar-refractivity contribution is 7.21. The molecule has 3 aromatic rings. The molecule has 0 atom stereocenters. The minimum Gasteiger partial charge on any atom is -0.397 e. The number of benzene rings is 1. The molecule has 0 aliphatic rings. The molecule has 7 nitrogen and oxygen atoms in total. The molecule has 116 valence electrons. The van der Waals surface area contributed by atoms with Crippen molar-refractivity contribution in [3.05, 3.63) is 66.8 Å². The molecular formula is C15H11N3O4S. The van der Waals surface area contributed by atoms with Crippen molar-refractivity contribution < 1.29 is 9.72 Å². The maximum atomic E-state index is 12.6. The molecule has 0 saturated carbocycles. The second-order valence-corrected chi connectivity index (χ2v) is 6.02. The number of nitro benzene ring substituents is 1. The Morgan fingerprint density at radius 3 is 2.78 bits per heavy atom. The van der Waals surface area contributed by atoms with Crippen LogP contribution in [0, 0.1) is 17.0 Å². The molecule has 0 saturated heterocycles. The zero-order chi connectivity index (χ0) is 16.7. The predicted molar refractivity (Wildman–Crippen MR) is 88.1 cm³/mol. The Bertz CT molecular complexity index is 1020. The van der Waals surface area contributed by atoms with Gasteiger partial charge in [0.2, 0.25) is 11.3 Å². The Morgan fingerprint density at radius 1 is 1.35 bits per heavy atom. The molecular weight excluding hydrogens is 318 g/mol. The van der Waals surface area contributed by atoms with Crippen LogP contribution in [0.15, 0.2) is 35.1 Å². The van der Waals surface area contributed by atoms with E-state index in [2.05, 4.69) is 4.98 Å². The van der Waals surface area contributed by atoms with Gasteiger partial charge in [-0.3, -0.25) is 19.7 Å². The van der Waals surface area contributed by atoms with Gasteiger partial charge in [0, 0.05) is 29.1 Å². The Balaban J connectivity index is 2.17. The third-order valence-corrected chi connectivity index (χ3v) is 4.57. The maximum Gasteiger partial charge on any atom is 0.270 e. The molecule has 23 heavy (non-hydrogen) atoms. The van der Waals surface area contributed by atoms with Crippen LogP contribution in [-0.4, -0.2) is 15.7 Å². The number of pyridine rings is 1. The minimum absolute atomic E-state index is 0.167. The molecule has 8 heteroatoms. The van der Waals surface area contributed by atoms with Gasteiger partial charge in [-0.05, 0) is 12.5 Å². The van der Waals surface area contributed by atoms with Crippen molar-refractivity contribution in [3.63, 3.8) is 0 Å². The monoisotopic (exact) mass is 329 g/mol. The first-order chi connectivity index (χ1) is 10.9. The molecule has 0 bridgehead atoms. The number of aromatic nitrogens is 1. The summed E-state index contributed by atoms with van der Waals surface area (Å²) in [5.74, 6) is -0.410. The van der Waals surface area contributed by atoms with Gasteiger partial charge in [-0.15, -0.1) is 11.3 Å². The van der Waals surface area contributed by atoms with E-state index in [9.17, 15) is 19.7 Å². The third-order valence-electron chi connectivity index (χ3n) is 3.45. The normalized spacial score (nSPS) is 10.8. The first kappa shape index (κ1) is 14.9. The van der Waals surface area contributed by atoms with E-state index in [1.807, 2.05) is 0 Å². The summed E-state index contributed by atoms with van der Waals surface area (Å²) < 4.78 is 0. The Labute approximate surface area is 133 Å². The van der Waals surface area contributed by atoms with Gasteiger partial charge in [0.05, 0.1) is 10.6 Å². The number of nitrogen functional groups attached to an aromatic ring is 1. The standard InChI is InChI=1S/C15H11N3O4S/c1-7-5-10(19)17-15-11(7)12(16)14(23-15)13(20)8-3-2-4-9(6-8)18(21)22/h2-6H,16H2,1H3,(H,17,19). The van der Waals surface area contributed by atoms with E-state index >= 15 is 0 Å². The minimum atomic E-state index is -0.563. The van der Waals surface area contributed by atoms with E-state index < -0.39 is 10.7 Å². The van der Waals surface area contributed by atoms with Crippen molar-refractivity contribution in [3.8, 4) is 0 Å². The van der Waals surface area contributed by atoms with Gasteiger partial charge in [-0.1, -0.05) is 12.1 Å². The topological polar surface area (TPSA) is 119 Å². The number of aryl methyl sites for hydroxylation is 1. The number of nitrogens with zero attached hydrogens (tertiary/aromatic N) is 1. The Hall–Kier alpha value is -3.00. The summed E-state index contributed by atoms with van der Waals surface area (Å²) in [6, 6.07) is 6.87. The first-order valence-electron chi connectivity index (χ1n) is 6.59. The highest BCUT2D eigenvalue weighted by Crippen LogP contribution is 2.35. The number of carbonyl (C=O) groups excluding carboxylic acids is 1. The summed E-state index contributed by atoms with van der Waals surface area (Å²) in [6.45, 7) is 1.74. The molecule has 2 aromatic heterocycles. The van der Waals surface area contributed by atoms with Crippen molar-refractivity contribution in [1.29, 1.82) is 0 Å². The van der Waals surface area contributed by atoms with Gasteiger partial charge < -0.3 is 10.7 Å². The van der Waals surface area contributed by atoms with E-state index in [0.717, 1.165) is 11.3 Å². The van der Waals surface area contributed by atoms with E-state index in [1.165, 1.54) is 30.3 Å². The van der Waals surface area contributed by atoms with Gasteiger partial charge in [0.15, 0.2) is 0 Å². The van der Waals surface area contributed by atoms with E-state index in [0.29, 0.717) is 15.8 Å². The number of nitrogens with two attached hydrogens (primary N) is 1. The third kappa shape index (κ3) is 2.49. The smallest absolute Gasteiger partial charge is 0.270 e. The van der Waals surface area contributed by atoms with Gasteiger partial charge in [-0.25, -0.2) is 0 Å². The summed E-state index contributed by atoms with van der Waals surface area (Å²) in [6.07, 6.45) is 0. The average Bonchev–Trinajstić information content (AvgIpc) is 2.83. The van der Waals surface area contributed by atoms with Crippen LogP contribution < -0.4 is 11.3 Å². The molecule has 0 radical (unpaired) electrons. The van der Waals surface area contributed by atoms with Crippen molar-refractivity contribution in [2.24, 2.45) is 0 Å². The van der Waals surface area contributed by atoms with Gasteiger partial charge in [0.25, 0.3) is 5.69 Å². The van der Waals surface area contributed by atoms with Crippen LogP contribution in [0.3, 0.4) is 0 Å². The number of hydrogen-bond acceptors (Lipinski definition) is 6. The highest BCUT2D eigenvalue weighted by Gasteiger charge is 2.21. The number of non-ortho nitro benzene ring substituents is 1. The quantitative estimate of drug-likeness (QED) is 0.435. The van der Waals surface area contributed by atoms with Crippen molar-refractivity contribution >= 4 is 38.7 Å². The van der Waals surface area contributed by atoms with Crippen LogP contribution >= 0.6 is 11.3 Å². The summed E-state index contributed by atoms with van der Waals surface area (Å²) in [4.78, 5) is 37.9. The largest absolute Gasteiger partial charge is 0.397 e. The molecule has 0 amide bonds. The SMILES string of the molecule is Cc1cc(=O)[nH]c2sc(C(=O)c3cccc([N+](=O)[O-])c3)c(N)c12. The van der Waals surface area contributed by atoms with Crippen LogP contribution in [0.1, 0.15) is 20.8 Å². The second kappa shape index (κ2) is 5.33. The maximum absolute atomic E-state index is 12.6. The van der Waals surface area contributed by atoms with E-state index in [1.54, 1.807) is 6.92 Å². The summed E-state index contributed by atoms with van der Waals surface area (Å²) in [5, 5.41) is 11.5. The fourth-order valence-corrected chi connectivity index (χ4v) is 3.55. The number of H-pyrrole nitrogens is 1. The lowest BCUT2D eigenvalue weighted by molar-refractivity contribution is -0.384. The fraction of sp³-hybridized carbons (Fsp3) is 0.0667. The number of rotatable bonds is 3. The Morgan fingerprint density at radius 2 is 2.09 bits per heavy atom. The number of anilines is 1. The summed E-state index contributed by atoms with van der Waals surface area (Å²) >= 11 is 1.07. The Kier molecular flexibility index (Phi) is 3.45. The number of ketones is 1. The van der Waals surface area contributed by atoms with E-state index in [-0.39, 0.29) is 27.4 Å². The van der Waals surface area contributed by atoms with Crippen molar-refractivity contribution in [2.45, 2.75) is 6.92 Å². The molecule has 0 fully saturated rings.